The summed E-state index contributed by atoms with van der Waals surface area (Å²) in [6.45, 7) is 4.46. The summed E-state index contributed by atoms with van der Waals surface area (Å²) in [6.07, 6.45) is 0. The lowest BCUT2D eigenvalue weighted by Crippen LogP contribution is -2.10. The summed E-state index contributed by atoms with van der Waals surface area (Å²) in [5.74, 6) is 0. The zero-order chi connectivity index (χ0) is 32.9. The maximum absolute atomic E-state index is 2.41. The van der Waals surface area contributed by atoms with Gasteiger partial charge in [0.05, 0.1) is 0 Å². The number of nitrogens with zero attached hydrogens (tertiary/aromatic N) is 1. The molecule has 0 unspecified atom stereocenters. The highest BCUT2D eigenvalue weighted by atomic mass is 15.1. The third-order valence-electron chi connectivity index (χ3n) is 10.0. The van der Waals surface area contributed by atoms with Gasteiger partial charge >= 0.3 is 0 Å². The molecule has 8 aromatic rings. The van der Waals surface area contributed by atoms with Crippen LogP contribution in [-0.2, 0) is 0 Å². The summed E-state index contributed by atoms with van der Waals surface area (Å²) < 4.78 is 0. The molecule has 0 aromatic heterocycles. The Hall–Kier alpha value is -6.18. The van der Waals surface area contributed by atoms with Crippen LogP contribution in [0.4, 0.5) is 17.1 Å². The minimum absolute atomic E-state index is 1.12. The van der Waals surface area contributed by atoms with Gasteiger partial charge in [0.15, 0.2) is 0 Å². The average molecular weight is 626 g/mol. The summed E-state index contributed by atoms with van der Waals surface area (Å²) in [5, 5.41) is 2.66. The molecule has 1 aliphatic rings. The summed E-state index contributed by atoms with van der Waals surface area (Å²) in [7, 11) is 0. The maximum Gasteiger partial charge on any atom is 0.0473 e. The lowest BCUT2D eigenvalue weighted by molar-refractivity contribution is 1.28. The van der Waals surface area contributed by atoms with E-state index >= 15 is 0 Å². The Kier molecular flexibility index (Phi) is 6.99. The van der Waals surface area contributed by atoms with E-state index in [4.69, 9.17) is 0 Å². The predicted octanol–water partition coefficient (Wildman–Crippen LogP) is 13.6. The molecule has 0 N–H and O–H groups in total. The van der Waals surface area contributed by atoms with Crippen molar-refractivity contribution in [2.24, 2.45) is 0 Å². The van der Waals surface area contributed by atoms with Gasteiger partial charge in [-0.1, -0.05) is 133 Å². The number of hydrogen-bond donors (Lipinski definition) is 0. The van der Waals surface area contributed by atoms with Crippen molar-refractivity contribution in [2.45, 2.75) is 13.8 Å². The molecule has 0 spiro atoms. The normalized spacial score (nSPS) is 11.5. The van der Waals surface area contributed by atoms with Crippen LogP contribution in [0, 0.1) is 13.8 Å². The van der Waals surface area contributed by atoms with E-state index in [-0.39, 0.29) is 0 Å². The molecule has 0 heterocycles. The Morgan fingerprint density at radius 1 is 0.327 bits per heavy atom. The SMILES string of the molecule is Cc1ccccc1-c1cc(-c2ccccc2)cc(N(c2ccccc2)c2cccc(-c3c(C)cc4c5c(cccc35)-c3ccccc3-4)c2)c1. The highest BCUT2D eigenvalue weighted by Gasteiger charge is 2.24. The number of fused-ring (bicyclic) bond motifs is 3. The fraction of sp³-hybridized carbons (Fsp3) is 0.0417. The topological polar surface area (TPSA) is 3.24 Å². The monoisotopic (exact) mass is 625 g/mol. The van der Waals surface area contributed by atoms with E-state index in [2.05, 4.69) is 195 Å². The molecule has 0 aliphatic heterocycles. The van der Waals surface area contributed by atoms with Gasteiger partial charge in [-0.05, 0) is 134 Å². The van der Waals surface area contributed by atoms with E-state index in [9.17, 15) is 0 Å². The number of rotatable bonds is 6. The number of anilines is 3. The number of hydrogen-bond acceptors (Lipinski definition) is 1. The lowest BCUT2D eigenvalue weighted by atomic mass is 9.90. The molecule has 0 atom stereocenters. The molecule has 9 rings (SSSR count). The first-order valence-corrected chi connectivity index (χ1v) is 17.0. The van der Waals surface area contributed by atoms with Gasteiger partial charge in [0.1, 0.15) is 0 Å². The number of para-hydroxylation sites is 1. The Balaban J connectivity index is 1.26. The van der Waals surface area contributed by atoms with E-state index in [1.807, 2.05) is 0 Å². The Morgan fingerprint density at radius 3 is 1.67 bits per heavy atom. The second kappa shape index (κ2) is 11.8. The van der Waals surface area contributed by atoms with Crippen LogP contribution in [0.1, 0.15) is 11.1 Å². The number of benzene rings is 8. The van der Waals surface area contributed by atoms with Crippen molar-refractivity contribution in [1.82, 2.24) is 0 Å². The van der Waals surface area contributed by atoms with Crippen molar-refractivity contribution in [1.29, 1.82) is 0 Å². The van der Waals surface area contributed by atoms with E-state index in [0.29, 0.717) is 0 Å². The molecule has 1 aliphatic carbocycles. The van der Waals surface area contributed by atoms with Crippen LogP contribution in [0.2, 0.25) is 0 Å². The summed E-state index contributed by atoms with van der Waals surface area (Å²) in [6, 6.07) is 64.2. The van der Waals surface area contributed by atoms with Crippen LogP contribution in [0.5, 0.6) is 0 Å². The van der Waals surface area contributed by atoms with E-state index in [1.165, 1.54) is 77.5 Å². The highest BCUT2D eigenvalue weighted by molar-refractivity contribution is 6.19. The van der Waals surface area contributed by atoms with Crippen LogP contribution in [0.25, 0.3) is 66.4 Å². The molecule has 232 valence electrons. The molecule has 0 saturated heterocycles. The lowest BCUT2D eigenvalue weighted by Gasteiger charge is -2.27. The second-order valence-electron chi connectivity index (χ2n) is 13.1. The molecule has 0 amide bonds. The minimum atomic E-state index is 1.12. The first-order chi connectivity index (χ1) is 24.1. The molecule has 8 aromatic carbocycles. The molecule has 49 heavy (non-hydrogen) atoms. The standard InChI is InChI=1S/C48H35N/c1-32-15-9-10-22-41(32)37-28-36(34-16-5-3-6-17-34)30-40(31-37)49(38-19-7-4-8-20-38)39-21-13-18-35(29-39)47-33(2)27-46-43-24-12-11-23-42(43)44-25-14-26-45(47)48(44)46/h3-31H,1-2H3. The summed E-state index contributed by atoms with van der Waals surface area (Å²) >= 11 is 0. The molecule has 0 saturated carbocycles. The van der Waals surface area contributed by atoms with E-state index in [1.54, 1.807) is 0 Å². The smallest absolute Gasteiger partial charge is 0.0473 e. The fourth-order valence-corrected chi connectivity index (χ4v) is 7.81. The fourth-order valence-electron chi connectivity index (χ4n) is 7.81. The Bertz CT molecular complexity index is 2510. The quantitative estimate of drug-likeness (QED) is 0.178. The molecule has 1 heteroatoms. The van der Waals surface area contributed by atoms with Gasteiger partial charge in [0.2, 0.25) is 0 Å². The van der Waals surface area contributed by atoms with Crippen molar-refractivity contribution in [3.63, 3.8) is 0 Å². The van der Waals surface area contributed by atoms with E-state index in [0.717, 1.165) is 17.1 Å². The maximum atomic E-state index is 2.41. The molecule has 0 fully saturated rings. The third kappa shape index (κ3) is 4.94. The zero-order valence-corrected chi connectivity index (χ0v) is 27.7. The summed E-state index contributed by atoms with van der Waals surface area (Å²) in [4.78, 5) is 2.41. The first-order valence-electron chi connectivity index (χ1n) is 17.0. The highest BCUT2D eigenvalue weighted by Crippen LogP contribution is 2.51. The second-order valence-corrected chi connectivity index (χ2v) is 13.1. The Labute approximate surface area is 288 Å². The van der Waals surface area contributed by atoms with Gasteiger partial charge in [-0.25, -0.2) is 0 Å². The van der Waals surface area contributed by atoms with Crippen LogP contribution in [-0.4, -0.2) is 0 Å². The zero-order valence-electron chi connectivity index (χ0n) is 27.7. The van der Waals surface area contributed by atoms with Crippen molar-refractivity contribution in [3.05, 3.63) is 187 Å². The molecule has 0 radical (unpaired) electrons. The molecule has 0 bridgehead atoms. The van der Waals surface area contributed by atoms with Crippen LogP contribution in [0.15, 0.2) is 176 Å². The van der Waals surface area contributed by atoms with Gasteiger partial charge in [0.25, 0.3) is 0 Å². The van der Waals surface area contributed by atoms with Crippen LogP contribution >= 0.6 is 0 Å². The summed E-state index contributed by atoms with van der Waals surface area (Å²) in [5.41, 5.74) is 18.6. The van der Waals surface area contributed by atoms with Crippen molar-refractivity contribution < 1.29 is 0 Å². The van der Waals surface area contributed by atoms with Gasteiger partial charge in [-0.3, -0.25) is 0 Å². The predicted molar refractivity (Wildman–Crippen MR) is 209 cm³/mol. The molecular formula is C48H35N. The third-order valence-corrected chi connectivity index (χ3v) is 10.0. The molecule has 1 nitrogen and oxygen atoms in total. The number of aryl methyl sites for hydroxylation is 2. The van der Waals surface area contributed by atoms with Gasteiger partial charge < -0.3 is 4.90 Å². The van der Waals surface area contributed by atoms with Crippen LogP contribution < -0.4 is 4.90 Å². The minimum Gasteiger partial charge on any atom is -0.310 e. The Morgan fingerprint density at radius 2 is 0.898 bits per heavy atom. The van der Waals surface area contributed by atoms with Gasteiger partial charge in [-0.2, -0.15) is 0 Å². The first kappa shape index (κ1) is 29.0. The van der Waals surface area contributed by atoms with Gasteiger partial charge in [-0.15, -0.1) is 0 Å². The van der Waals surface area contributed by atoms with E-state index < -0.39 is 0 Å². The van der Waals surface area contributed by atoms with Gasteiger partial charge in [0, 0.05) is 17.1 Å². The molecular weight excluding hydrogens is 591 g/mol. The van der Waals surface area contributed by atoms with Crippen molar-refractivity contribution >= 4 is 27.8 Å². The van der Waals surface area contributed by atoms with Crippen molar-refractivity contribution in [2.75, 3.05) is 4.90 Å². The van der Waals surface area contributed by atoms with Crippen molar-refractivity contribution in [3.8, 4) is 55.6 Å². The average Bonchev–Trinajstić information content (AvgIpc) is 3.47. The van der Waals surface area contributed by atoms with Crippen LogP contribution in [0.3, 0.4) is 0 Å². The largest absolute Gasteiger partial charge is 0.310 e.